The molecule has 0 radical (unpaired) electrons. The molecule has 3 aromatic rings. The molecule has 1 saturated heterocycles. The normalized spacial score (nSPS) is 14.4. The Morgan fingerprint density at radius 1 is 1.00 bits per heavy atom. The number of aryl methyl sites for hydroxylation is 1. The van der Waals surface area contributed by atoms with Gasteiger partial charge in [-0.25, -0.2) is 9.97 Å². The predicted octanol–water partition coefficient (Wildman–Crippen LogP) is 3.90. The molecular weight excluding hydrogens is 426 g/mol. The van der Waals surface area contributed by atoms with Gasteiger partial charge in [-0.05, 0) is 20.0 Å². The smallest absolute Gasteiger partial charge is 0.283 e. The van der Waals surface area contributed by atoms with Crippen molar-refractivity contribution in [2.75, 3.05) is 33.2 Å². The lowest BCUT2D eigenvalue weighted by Gasteiger charge is -2.33. The van der Waals surface area contributed by atoms with Gasteiger partial charge in [-0.15, -0.1) is 0 Å². The fourth-order valence-electron chi connectivity index (χ4n) is 3.55. The van der Waals surface area contributed by atoms with Crippen LogP contribution in [0.25, 0.3) is 11.4 Å². The predicted molar refractivity (Wildman–Crippen MR) is 123 cm³/mol. The first-order valence-corrected chi connectivity index (χ1v) is 11.1. The van der Waals surface area contributed by atoms with E-state index in [0.29, 0.717) is 40.1 Å². The van der Waals surface area contributed by atoms with Crippen molar-refractivity contribution in [3.05, 3.63) is 76.0 Å². The SMILES string of the molecule is Cc1nc(-c2ccccc2)nc(Sc2ccccc2[N+](=O)[O-])c1C(=O)N1CCN(C)CC1. The molecule has 1 aromatic heterocycles. The van der Waals surface area contributed by atoms with Crippen LogP contribution in [0.4, 0.5) is 5.69 Å². The van der Waals surface area contributed by atoms with Gasteiger partial charge >= 0.3 is 0 Å². The Balaban J connectivity index is 1.80. The zero-order valence-electron chi connectivity index (χ0n) is 17.9. The van der Waals surface area contributed by atoms with E-state index < -0.39 is 4.92 Å². The molecule has 2 aromatic carbocycles. The Morgan fingerprint density at radius 2 is 1.66 bits per heavy atom. The number of likely N-dealkylation sites (N-methyl/N-ethyl adjacent to an activating group) is 1. The minimum absolute atomic E-state index is 0.0203. The first-order valence-electron chi connectivity index (χ1n) is 10.3. The molecule has 0 bridgehead atoms. The van der Waals surface area contributed by atoms with Crippen molar-refractivity contribution in [3.8, 4) is 11.4 Å². The van der Waals surface area contributed by atoms with Crippen molar-refractivity contribution < 1.29 is 9.72 Å². The highest BCUT2D eigenvalue weighted by Crippen LogP contribution is 2.37. The Hall–Kier alpha value is -3.30. The maximum absolute atomic E-state index is 13.5. The van der Waals surface area contributed by atoms with Gasteiger partial charge in [0.15, 0.2) is 5.82 Å². The quantitative estimate of drug-likeness (QED) is 0.331. The standard InChI is InChI=1S/C23H23N5O3S/c1-16-20(23(29)27-14-12-26(2)13-15-27)22(25-21(24-16)17-8-4-3-5-9-17)32-19-11-7-6-10-18(19)28(30)31/h3-11H,12-15H2,1-2H3. The largest absolute Gasteiger partial charge is 0.336 e. The fraction of sp³-hybridized carbons (Fsp3) is 0.261. The van der Waals surface area contributed by atoms with Crippen LogP contribution in [0.2, 0.25) is 0 Å². The molecule has 0 spiro atoms. The molecule has 0 saturated carbocycles. The Morgan fingerprint density at radius 3 is 2.34 bits per heavy atom. The second kappa shape index (κ2) is 9.46. The monoisotopic (exact) mass is 449 g/mol. The minimum Gasteiger partial charge on any atom is -0.336 e. The van der Waals surface area contributed by atoms with Crippen LogP contribution < -0.4 is 0 Å². The number of piperazine rings is 1. The van der Waals surface area contributed by atoms with Crippen LogP contribution in [-0.2, 0) is 0 Å². The molecule has 2 heterocycles. The molecule has 1 fully saturated rings. The maximum atomic E-state index is 13.5. The molecule has 1 amide bonds. The van der Waals surface area contributed by atoms with E-state index in [4.69, 9.17) is 4.98 Å². The number of amides is 1. The highest BCUT2D eigenvalue weighted by molar-refractivity contribution is 7.99. The Bertz CT molecular complexity index is 1150. The number of hydrogen-bond donors (Lipinski definition) is 0. The summed E-state index contributed by atoms with van der Waals surface area (Å²) >= 11 is 1.13. The van der Waals surface area contributed by atoms with Crippen LogP contribution in [0.15, 0.2) is 64.5 Å². The van der Waals surface area contributed by atoms with Gasteiger partial charge in [0, 0.05) is 37.8 Å². The highest BCUT2D eigenvalue weighted by Gasteiger charge is 2.28. The van der Waals surface area contributed by atoms with Crippen LogP contribution in [0.3, 0.4) is 0 Å². The van der Waals surface area contributed by atoms with E-state index in [2.05, 4.69) is 9.88 Å². The van der Waals surface area contributed by atoms with Crippen molar-refractivity contribution >= 4 is 23.4 Å². The summed E-state index contributed by atoms with van der Waals surface area (Å²) in [6.45, 7) is 4.61. The first-order chi connectivity index (χ1) is 15.4. The van der Waals surface area contributed by atoms with Gasteiger partial charge in [0.1, 0.15) is 5.03 Å². The number of nitrogens with zero attached hydrogens (tertiary/aromatic N) is 5. The Kier molecular flexibility index (Phi) is 6.48. The van der Waals surface area contributed by atoms with E-state index in [-0.39, 0.29) is 11.6 Å². The molecule has 9 heteroatoms. The van der Waals surface area contributed by atoms with Crippen molar-refractivity contribution in [3.63, 3.8) is 0 Å². The van der Waals surface area contributed by atoms with Gasteiger partial charge in [-0.3, -0.25) is 14.9 Å². The summed E-state index contributed by atoms with van der Waals surface area (Å²) in [5.74, 6) is 0.343. The van der Waals surface area contributed by atoms with Crippen molar-refractivity contribution in [2.45, 2.75) is 16.8 Å². The van der Waals surface area contributed by atoms with E-state index in [9.17, 15) is 14.9 Å². The number of para-hydroxylation sites is 1. The number of carbonyl (C=O) groups is 1. The van der Waals surface area contributed by atoms with Gasteiger partial charge < -0.3 is 9.80 Å². The molecule has 32 heavy (non-hydrogen) atoms. The van der Waals surface area contributed by atoms with Crippen molar-refractivity contribution in [1.29, 1.82) is 0 Å². The topological polar surface area (TPSA) is 92.5 Å². The zero-order valence-corrected chi connectivity index (χ0v) is 18.7. The van der Waals surface area contributed by atoms with Gasteiger partial charge in [0.05, 0.1) is 21.1 Å². The second-order valence-electron chi connectivity index (χ2n) is 7.60. The Labute approximate surface area is 190 Å². The molecule has 0 atom stereocenters. The lowest BCUT2D eigenvalue weighted by molar-refractivity contribution is -0.387. The minimum atomic E-state index is -0.420. The van der Waals surface area contributed by atoms with E-state index in [0.717, 1.165) is 30.4 Å². The third-order valence-corrected chi connectivity index (χ3v) is 6.42. The van der Waals surface area contributed by atoms with Crippen LogP contribution in [0.5, 0.6) is 0 Å². The lowest BCUT2D eigenvalue weighted by atomic mass is 10.1. The van der Waals surface area contributed by atoms with E-state index >= 15 is 0 Å². The lowest BCUT2D eigenvalue weighted by Crippen LogP contribution is -2.47. The van der Waals surface area contributed by atoms with Crippen molar-refractivity contribution in [2.24, 2.45) is 0 Å². The van der Waals surface area contributed by atoms with E-state index in [1.807, 2.05) is 37.4 Å². The van der Waals surface area contributed by atoms with Crippen LogP contribution in [-0.4, -0.2) is 63.8 Å². The molecule has 4 rings (SSSR count). The summed E-state index contributed by atoms with van der Waals surface area (Å²) in [6, 6.07) is 16.0. The summed E-state index contributed by atoms with van der Waals surface area (Å²) in [4.78, 5) is 38.3. The van der Waals surface area contributed by atoms with E-state index in [1.165, 1.54) is 6.07 Å². The molecule has 0 unspecified atom stereocenters. The molecule has 164 valence electrons. The third kappa shape index (κ3) is 4.63. The molecule has 1 aliphatic rings. The van der Waals surface area contributed by atoms with E-state index in [1.54, 1.807) is 30.0 Å². The number of hydrogen-bond acceptors (Lipinski definition) is 7. The number of benzene rings is 2. The fourth-order valence-corrected chi connectivity index (χ4v) is 4.62. The van der Waals surface area contributed by atoms with Gasteiger partial charge in [0.2, 0.25) is 0 Å². The summed E-state index contributed by atoms with van der Waals surface area (Å²) < 4.78 is 0. The molecule has 1 aliphatic heterocycles. The van der Waals surface area contributed by atoms with Crippen molar-refractivity contribution in [1.82, 2.24) is 19.8 Å². The highest BCUT2D eigenvalue weighted by atomic mass is 32.2. The number of rotatable bonds is 5. The van der Waals surface area contributed by atoms with Crippen LogP contribution in [0, 0.1) is 17.0 Å². The average molecular weight is 450 g/mol. The number of aromatic nitrogens is 2. The number of carbonyl (C=O) groups excluding carboxylic acids is 1. The number of nitro groups is 1. The average Bonchev–Trinajstić information content (AvgIpc) is 2.80. The molecule has 0 N–H and O–H groups in total. The van der Waals surface area contributed by atoms with Gasteiger partial charge in [-0.1, -0.05) is 54.2 Å². The van der Waals surface area contributed by atoms with Crippen LogP contribution in [0.1, 0.15) is 16.1 Å². The third-order valence-electron chi connectivity index (χ3n) is 5.36. The zero-order chi connectivity index (χ0) is 22.7. The molecule has 0 aliphatic carbocycles. The van der Waals surface area contributed by atoms with Gasteiger partial charge in [-0.2, -0.15) is 0 Å². The summed E-state index contributed by atoms with van der Waals surface area (Å²) in [5, 5.41) is 12.0. The second-order valence-corrected chi connectivity index (χ2v) is 8.63. The molecular formula is C23H23N5O3S. The van der Waals surface area contributed by atoms with Gasteiger partial charge in [0.25, 0.3) is 11.6 Å². The summed E-state index contributed by atoms with van der Waals surface area (Å²) in [5.41, 5.74) is 1.76. The summed E-state index contributed by atoms with van der Waals surface area (Å²) in [7, 11) is 2.03. The van der Waals surface area contributed by atoms with Crippen LogP contribution >= 0.6 is 11.8 Å². The number of nitro benzene ring substituents is 1. The maximum Gasteiger partial charge on any atom is 0.283 e. The summed E-state index contributed by atoms with van der Waals surface area (Å²) in [6.07, 6.45) is 0. The molecule has 8 nitrogen and oxygen atoms in total. The first kappa shape index (κ1) is 21.9.